The Kier molecular flexibility index (Phi) is 2.18. The lowest BCUT2D eigenvalue weighted by molar-refractivity contribution is -0.131. The largest absolute Gasteiger partial charge is 0.478 e. The molecule has 2 heterocycles. The highest BCUT2D eigenvalue weighted by Gasteiger charge is 2.29. The van der Waals surface area contributed by atoms with Crippen molar-refractivity contribution in [1.82, 2.24) is 14.6 Å². The van der Waals surface area contributed by atoms with Crippen LogP contribution >= 0.6 is 0 Å². The van der Waals surface area contributed by atoms with Crippen LogP contribution in [0.4, 0.5) is 0 Å². The van der Waals surface area contributed by atoms with Crippen molar-refractivity contribution < 1.29 is 9.90 Å². The molecule has 2 aromatic heterocycles. The minimum absolute atomic E-state index is 0.463. The normalized spacial score (nSPS) is 15.8. The molecule has 1 fully saturated rings. The Bertz CT molecular complexity index is 611. The summed E-state index contributed by atoms with van der Waals surface area (Å²) < 4.78 is 1.70. The molecule has 0 atom stereocenters. The molecule has 1 N–H and O–H groups in total. The maximum atomic E-state index is 10.6. The van der Waals surface area contributed by atoms with Crippen LogP contribution < -0.4 is 0 Å². The molecule has 0 amide bonds. The van der Waals surface area contributed by atoms with Crippen LogP contribution in [0.2, 0.25) is 0 Å². The van der Waals surface area contributed by atoms with E-state index in [0.717, 1.165) is 30.2 Å². The summed E-state index contributed by atoms with van der Waals surface area (Å²) in [6.45, 7) is 0. The first-order valence-electron chi connectivity index (χ1n) is 5.50. The number of aliphatic carboxylic acids is 1. The summed E-state index contributed by atoms with van der Waals surface area (Å²) >= 11 is 0. The van der Waals surface area contributed by atoms with E-state index in [1.165, 1.54) is 0 Å². The Morgan fingerprint density at radius 3 is 3.06 bits per heavy atom. The zero-order valence-electron chi connectivity index (χ0n) is 9.08. The van der Waals surface area contributed by atoms with E-state index >= 15 is 0 Å². The third-order valence-corrected chi connectivity index (χ3v) is 2.82. The fourth-order valence-corrected chi connectivity index (χ4v) is 1.89. The molecule has 1 aliphatic rings. The average molecular weight is 229 g/mol. The van der Waals surface area contributed by atoms with Crippen LogP contribution in [0, 0.1) is 0 Å². The average Bonchev–Trinajstić information content (AvgIpc) is 3.08. The van der Waals surface area contributed by atoms with Crippen molar-refractivity contribution in [2.75, 3.05) is 0 Å². The molecule has 0 radical (unpaired) electrons. The summed E-state index contributed by atoms with van der Waals surface area (Å²) in [7, 11) is 0. The molecule has 3 rings (SSSR count). The zero-order valence-corrected chi connectivity index (χ0v) is 9.08. The molecule has 17 heavy (non-hydrogen) atoms. The van der Waals surface area contributed by atoms with E-state index in [4.69, 9.17) is 5.11 Å². The van der Waals surface area contributed by atoms with Crippen LogP contribution in [-0.2, 0) is 4.79 Å². The first-order valence-corrected chi connectivity index (χ1v) is 5.50. The molecule has 86 valence electrons. The highest BCUT2D eigenvalue weighted by molar-refractivity contribution is 5.87. The minimum Gasteiger partial charge on any atom is -0.478 e. The number of aromatic nitrogens is 3. The highest BCUT2D eigenvalue weighted by atomic mass is 16.4. The standard InChI is InChI=1S/C12H11N3O2/c16-10(17)5-4-9-11(8-2-3-8)14-15-7-1-6-13-12(9)15/h1,4-8H,2-3H2,(H,16,17)/b5-4+. The van der Waals surface area contributed by atoms with Gasteiger partial charge in [-0.3, -0.25) is 0 Å². The predicted molar refractivity (Wildman–Crippen MR) is 61.6 cm³/mol. The van der Waals surface area contributed by atoms with Crippen molar-refractivity contribution in [2.24, 2.45) is 0 Å². The number of rotatable bonds is 3. The van der Waals surface area contributed by atoms with Crippen molar-refractivity contribution in [3.63, 3.8) is 0 Å². The molecule has 0 bridgehead atoms. The van der Waals surface area contributed by atoms with Crippen molar-refractivity contribution in [1.29, 1.82) is 0 Å². The van der Waals surface area contributed by atoms with Crippen LogP contribution in [0.3, 0.4) is 0 Å². The zero-order chi connectivity index (χ0) is 11.8. The lowest BCUT2D eigenvalue weighted by atomic mass is 10.1. The molecule has 0 unspecified atom stereocenters. The summed E-state index contributed by atoms with van der Waals surface area (Å²) in [4.78, 5) is 14.8. The maximum absolute atomic E-state index is 10.6. The van der Waals surface area contributed by atoms with E-state index in [-0.39, 0.29) is 0 Å². The van der Waals surface area contributed by atoms with Gasteiger partial charge >= 0.3 is 5.97 Å². The van der Waals surface area contributed by atoms with E-state index in [9.17, 15) is 4.79 Å². The monoisotopic (exact) mass is 229 g/mol. The van der Waals surface area contributed by atoms with Gasteiger partial charge in [0.2, 0.25) is 0 Å². The van der Waals surface area contributed by atoms with Gasteiger partial charge in [-0.15, -0.1) is 0 Å². The fraction of sp³-hybridized carbons (Fsp3) is 0.250. The number of carboxylic acid groups (broad SMARTS) is 1. The van der Waals surface area contributed by atoms with Gasteiger partial charge in [0.15, 0.2) is 5.65 Å². The minimum atomic E-state index is -0.956. The molecule has 0 saturated heterocycles. The number of carbonyl (C=O) groups is 1. The first-order chi connectivity index (χ1) is 8.25. The van der Waals surface area contributed by atoms with E-state index in [2.05, 4.69) is 10.1 Å². The quantitative estimate of drug-likeness (QED) is 0.813. The SMILES string of the molecule is O=C(O)/C=C/c1c(C2CC2)nn2cccnc12. The molecule has 5 nitrogen and oxygen atoms in total. The van der Waals surface area contributed by atoms with Crippen LogP contribution in [0.15, 0.2) is 24.5 Å². The van der Waals surface area contributed by atoms with Crippen LogP contribution in [0.1, 0.15) is 30.0 Å². The summed E-state index contributed by atoms with van der Waals surface area (Å²) in [5.74, 6) is -0.493. The molecule has 0 spiro atoms. The Hall–Kier alpha value is -2.17. The first kappa shape index (κ1) is 10.0. The Morgan fingerprint density at radius 2 is 2.35 bits per heavy atom. The number of nitrogens with zero attached hydrogens (tertiary/aromatic N) is 3. The fourth-order valence-electron chi connectivity index (χ4n) is 1.89. The van der Waals surface area contributed by atoms with E-state index in [0.29, 0.717) is 11.6 Å². The highest BCUT2D eigenvalue weighted by Crippen LogP contribution is 2.41. The predicted octanol–water partition coefficient (Wildman–Crippen LogP) is 1.70. The second-order valence-electron chi connectivity index (χ2n) is 4.13. The molecule has 0 aromatic carbocycles. The van der Waals surface area contributed by atoms with Gasteiger partial charge in [0, 0.05) is 30.0 Å². The number of carboxylic acids is 1. The molecule has 1 aliphatic carbocycles. The van der Waals surface area contributed by atoms with Crippen molar-refractivity contribution in [2.45, 2.75) is 18.8 Å². The summed E-state index contributed by atoms with van der Waals surface area (Å²) in [5.41, 5.74) is 2.50. The van der Waals surface area contributed by atoms with Gasteiger partial charge in [0.1, 0.15) is 0 Å². The van der Waals surface area contributed by atoms with Crippen LogP contribution in [-0.4, -0.2) is 25.7 Å². The van der Waals surface area contributed by atoms with Gasteiger partial charge < -0.3 is 5.11 Å². The third-order valence-electron chi connectivity index (χ3n) is 2.82. The lowest BCUT2D eigenvalue weighted by Crippen LogP contribution is -1.88. The van der Waals surface area contributed by atoms with Gasteiger partial charge in [-0.2, -0.15) is 5.10 Å². The molecule has 5 heteroatoms. The van der Waals surface area contributed by atoms with Gasteiger partial charge in [0.05, 0.1) is 5.69 Å². The third kappa shape index (κ3) is 1.80. The Morgan fingerprint density at radius 1 is 1.53 bits per heavy atom. The van der Waals surface area contributed by atoms with E-state index in [1.54, 1.807) is 22.9 Å². The molecular weight excluding hydrogens is 218 g/mol. The van der Waals surface area contributed by atoms with Gasteiger partial charge in [0.25, 0.3) is 0 Å². The van der Waals surface area contributed by atoms with Gasteiger partial charge in [-0.05, 0) is 25.0 Å². The van der Waals surface area contributed by atoms with Crippen LogP contribution in [0.25, 0.3) is 11.7 Å². The van der Waals surface area contributed by atoms with E-state index in [1.807, 2.05) is 6.20 Å². The molecule has 0 aliphatic heterocycles. The topological polar surface area (TPSA) is 67.5 Å². The summed E-state index contributed by atoms with van der Waals surface area (Å²) in [6.07, 6.45) is 8.48. The summed E-state index contributed by atoms with van der Waals surface area (Å²) in [6, 6.07) is 1.81. The van der Waals surface area contributed by atoms with Crippen molar-refractivity contribution in [3.05, 3.63) is 35.8 Å². The number of fused-ring (bicyclic) bond motifs is 1. The summed E-state index contributed by atoms with van der Waals surface area (Å²) in [5, 5.41) is 13.2. The van der Waals surface area contributed by atoms with Crippen molar-refractivity contribution >= 4 is 17.7 Å². The number of hydrogen-bond donors (Lipinski definition) is 1. The maximum Gasteiger partial charge on any atom is 0.328 e. The number of hydrogen-bond acceptors (Lipinski definition) is 3. The molecule has 2 aromatic rings. The van der Waals surface area contributed by atoms with E-state index < -0.39 is 5.97 Å². The Balaban J connectivity index is 2.17. The smallest absolute Gasteiger partial charge is 0.328 e. The lowest BCUT2D eigenvalue weighted by Gasteiger charge is -1.92. The second-order valence-corrected chi connectivity index (χ2v) is 4.13. The molecular formula is C12H11N3O2. The van der Waals surface area contributed by atoms with Crippen LogP contribution in [0.5, 0.6) is 0 Å². The van der Waals surface area contributed by atoms with Gasteiger partial charge in [-0.25, -0.2) is 14.3 Å². The van der Waals surface area contributed by atoms with Crippen molar-refractivity contribution in [3.8, 4) is 0 Å². The second kappa shape index (κ2) is 3.69. The Labute approximate surface area is 97.4 Å². The molecule has 1 saturated carbocycles. The van der Waals surface area contributed by atoms with Gasteiger partial charge in [-0.1, -0.05) is 0 Å².